The molecule has 0 radical (unpaired) electrons. The Morgan fingerprint density at radius 1 is 1.25 bits per heavy atom. The normalized spacial score (nSPS) is 41.0. The molecule has 1 heterocycles. The van der Waals surface area contributed by atoms with Gasteiger partial charge in [0.25, 0.3) is 0 Å². The van der Waals surface area contributed by atoms with Crippen molar-refractivity contribution in [2.75, 3.05) is 0 Å². The van der Waals surface area contributed by atoms with Crippen molar-refractivity contribution < 1.29 is 0 Å². The summed E-state index contributed by atoms with van der Waals surface area (Å²) in [6, 6.07) is 1.06. The van der Waals surface area contributed by atoms with Crippen LogP contribution in [-0.2, 0) is 0 Å². The van der Waals surface area contributed by atoms with Crippen molar-refractivity contribution in [1.82, 2.24) is 5.32 Å². The molecule has 0 aromatic rings. The second-order valence-corrected chi connectivity index (χ2v) is 5.52. The molecule has 0 aromatic heterocycles. The molecule has 0 bridgehead atoms. The number of rotatable bonds is 0. The van der Waals surface area contributed by atoms with Crippen LogP contribution in [0.5, 0.6) is 0 Å². The first-order valence-electron chi connectivity index (χ1n) is 4.71. The lowest BCUT2D eigenvalue weighted by Crippen LogP contribution is -2.39. The fraction of sp³-hybridized carbons (Fsp3) is 0.900. The van der Waals surface area contributed by atoms with Crippen LogP contribution in [0.4, 0.5) is 0 Å². The third-order valence-corrected chi connectivity index (χ3v) is 3.36. The molecule has 0 saturated heterocycles. The summed E-state index contributed by atoms with van der Waals surface area (Å²) in [7, 11) is 0. The average Bonchev–Trinajstić information content (AvgIpc) is 2.34. The largest absolute Gasteiger partial charge is 0.371 e. The summed E-state index contributed by atoms with van der Waals surface area (Å²) >= 11 is 0. The minimum absolute atomic E-state index is 0.369. The van der Waals surface area contributed by atoms with Crippen LogP contribution in [-0.4, -0.2) is 18.4 Å². The van der Waals surface area contributed by atoms with Crippen LogP contribution in [0, 0.1) is 10.8 Å². The lowest BCUT2D eigenvalue weighted by molar-refractivity contribution is 0.282. The minimum Gasteiger partial charge on any atom is -0.371 e. The quantitative estimate of drug-likeness (QED) is 0.583. The molecule has 2 nitrogen and oxygen atoms in total. The van der Waals surface area contributed by atoms with Crippen LogP contribution in [0.15, 0.2) is 4.99 Å². The first-order chi connectivity index (χ1) is 5.43. The highest BCUT2D eigenvalue weighted by atomic mass is 15.1. The fourth-order valence-corrected chi connectivity index (χ4v) is 3.08. The maximum Gasteiger partial charge on any atom is 0.0831 e. The SMILES string of the molecule is CC1(C)CC(C)(C)[C@H]2NC=N[C@@H]21. The van der Waals surface area contributed by atoms with E-state index in [1.807, 2.05) is 6.34 Å². The van der Waals surface area contributed by atoms with Crippen LogP contribution in [0.25, 0.3) is 0 Å². The molecule has 1 aliphatic carbocycles. The molecule has 0 amide bonds. The van der Waals surface area contributed by atoms with Crippen LogP contribution < -0.4 is 5.32 Å². The number of hydrogen-bond acceptors (Lipinski definition) is 2. The molecule has 2 heteroatoms. The van der Waals surface area contributed by atoms with E-state index in [1.54, 1.807) is 0 Å². The Morgan fingerprint density at radius 3 is 2.50 bits per heavy atom. The summed E-state index contributed by atoms with van der Waals surface area (Å²) < 4.78 is 0. The van der Waals surface area contributed by atoms with Crippen molar-refractivity contribution in [2.24, 2.45) is 15.8 Å². The van der Waals surface area contributed by atoms with E-state index in [9.17, 15) is 0 Å². The van der Waals surface area contributed by atoms with Crippen LogP contribution in [0.2, 0.25) is 0 Å². The molecule has 0 unspecified atom stereocenters. The summed E-state index contributed by atoms with van der Waals surface area (Å²) in [4.78, 5) is 4.51. The van der Waals surface area contributed by atoms with E-state index < -0.39 is 0 Å². The Kier molecular flexibility index (Phi) is 1.37. The van der Waals surface area contributed by atoms with Gasteiger partial charge < -0.3 is 5.32 Å². The molecule has 0 spiro atoms. The van der Waals surface area contributed by atoms with Crippen LogP contribution >= 0.6 is 0 Å². The van der Waals surface area contributed by atoms with Crippen LogP contribution in [0.1, 0.15) is 34.1 Å². The van der Waals surface area contributed by atoms with Gasteiger partial charge in [0.2, 0.25) is 0 Å². The summed E-state index contributed by atoms with van der Waals surface area (Å²) in [6.45, 7) is 9.32. The number of aliphatic imine (C=N–C) groups is 1. The maximum absolute atomic E-state index is 4.51. The number of hydrogen-bond donors (Lipinski definition) is 1. The van der Waals surface area contributed by atoms with Gasteiger partial charge in [0, 0.05) is 0 Å². The second kappa shape index (κ2) is 2.04. The van der Waals surface area contributed by atoms with Crippen molar-refractivity contribution in [3.63, 3.8) is 0 Å². The lowest BCUT2D eigenvalue weighted by atomic mass is 9.83. The van der Waals surface area contributed by atoms with Gasteiger partial charge in [-0.15, -0.1) is 0 Å². The first-order valence-corrected chi connectivity index (χ1v) is 4.71. The molecule has 1 saturated carbocycles. The Labute approximate surface area is 74.5 Å². The van der Waals surface area contributed by atoms with E-state index in [0.717, 1.165) is 0 Å². The van der Waals surface area contributed by atoms with Gasteiger partial charge in [-0.05, 0) is 17.3 Å². The Morgan fingerprint density at radius 2 is 1.92 bits per heavy atom. The molecule has 1 N–H and O–H groups in total. The molecule has 1 aliphatic heterocycles. The van der Waals surface area contributed by atoms with Gasteiger partial charge in [-0.3, -0.25) is 4.99 Å². The Hall–Kier alpha value is -0.530. The highest BCUT2D eigenvalue weighted by molar-refractivity contribution is 5.59. The zero-order chi connectivity index (χ0) is 8.98. The molecule has 68 valence electrons. The lowest BCUT2D eigenvalue weighted by Gasteiger charge is -2.25. The van der Waals surface area contributed by atoms with Gasteiger partial charge in [-0.2, -0.15) is 0 Å². The molecule has 1 fully saturated rings. The van der Waals surface area contributed by atoms with E-state index in [-0.39, 0.29) is 0 Å². The van der Waals surface area contributed by atoms with Crippen LogP contribution in [0.3, 0.4) is 0 Å². The summed E-state index contributed by atoms with van der Waals surface area (Å²) in [5.74, 6) is 0. The smallest absolute Gasteiger partial charge is 0.0831 e. The predicted octanol–water partition coefficient (Wildman–Crippen LogP) is 1.81. The van der Waals surface area contributed by atoms with Gasteiger partial charge in [0.1, 0.15) is 0 Å². The zero-order valence-corrected chi connectivity index (χ0v) is 8.39. The van der Waals surface area contributed by atoms with Gasteiger partial charge in [0.05, 0.1) is 18.4 Å². The van der Waals surface area contributed by atoms with Gasteiger partial charge >= 0.3 is 0 Å². The zero-order valence-electron chi connectivity index (χ0n) is 8.39. The molecular formula is C10H18N2. The third-order valence-electron chi connectivity index (χ3n) is 3.36. The Bertz CT molecular complexity index is 228. The maximum atomic E-state index is 4.51. The molecule has 2 aliphatic rings. The van der Waals surface area contributed by atoms with Gasteiger partial charge in [-0.25, -0.2) is 0 Å². The minimum atomic E-state index is 0.369. The second-order valence-electron chi connectivity index (χ2n) is 5.52. The third kappa shape index (κ3) is 0.900. The molecular weight excluding hydrogens is 148 g/mol. The van der Waals surface area contributed by atoms with Crippen molar-refractivity contribution in [3.8, 4) is 0 Å². The Balaban J connectivity index is 2.33. The number of nitrogens with zero attached hydrogens (tertiary/aromatic N) is 1. The van der Waals surface area contributed by atoms with Gasteiger partial charge in [0.15, 0.2) is 0 Å². The monoisotopic (exact) mass is 166 g/mol. The molecule has 12 heavy (non-hydrogen) atoms. The fourth-order valence-electron chi connectivity index (χ4n) is 3.08. The number of nitrogens with one attached hydrogen (secondary N) is 1. The van der Waals surface area contributed by atoms with E-state index in [2.05, 4.69) is 38.0 Å². The first kappa shape index (κ1) is 8.09. The highest BCUT2D eigenvalue weighted by Crippen LogP contribution is 2.51. The molecule has 2 rings (SSSR count). The van der Waals surface area contributed by atoms with Gasteiger partial charge in [-0.1, -0.05) is 27.7 Å². The number of fused-ring (bicyclic) bond motifs is 1. The molecule has 0 aromatic carbocycles. The predicted molar refractivity (Wildman–Crippen MR) is 51.4 cm³/mol. The van der Waals surface area contributed by atoms with E-state index in [4.69, 9.17) is 0 Å². The van der Waals surface area contributed by atoms with Crippen molar-refractivity contribution in [1.29, 1.82) is 0 Å². The summed E-state index contributed by atoms with van der Waals surface area (Å²) in [5.41, 5.74) is 0.763. The van der Waals surface area contributed by atoms with Crippen molar-refractivity contribution in [2.45, 2.75) is 46.2 Å². The topological polar surface area (TPSA) is 24.4 Å². The summed E-state index contributed by atoms with van der Waals surface area (Å²) in [6.07, 6.45) is 3.15. The highest BCUT2D eigenvalue weighted by Gasteiger charge is 2.53. The van der Waals surface area contributed by atoms with E-state index in [0.29, 0.717) is 22.9 Å². The van der Waals surface area contributed by atoms with Crippen molar-refractivity contribution in [3.05, 3.63) is 0 Å². The molecule has 2 atom stereocenters. The summed E-state index contributed by atoms with van der Waals surface area (Å²) in [5, 5.41) is 3.37. The van der Waals surface area contributed by atoms with Crippen molar-refractivity contribution >= 4 is 6.34 Å². The van der Waals surface area contributed by atoms with E-state index in [1.165, 1.54) is 6.42 Å². The van der Waals surface area contributed by atoms with E-state index >= 15 is 0 Å². The standard InChI is InChI=1S/C10H18N2/c1-9(2)5-10(3,4)8-7(9)11-6-12-8/h6-8H,5H2,1-4H3,(H,11,12)/t7-,8-/m0/s1. The average molecular weight is 166 g/mol.